The van der Waals surface area contributed by atoms with Crippen LogP contribution >= 0.6 is 0 Å². The molecule has 0 unspecified atom stereocenters. The molecule has 1 heterocycles. The quantitative estimate of drug-likeness (QED) is 0.348. The highest BCUT2D eigenvalue weighted by molar-refractivity contribution is 6.29. The van der Waals surface area contributed by atoms with E-state index >= 15 is 0 Å². The molecule has 0 saturated heterocycles. The molecule has 3 heteroatoms. The molecule has 0 spiro atoms. The summed E-state index contributed by atoms with van der Waals surface area (Å²) >= 11 is 0. The van der Waals surface area contributed by atoms with E-state index in [1.54, 1.807) is 0 Å². The predicted molar refractivity (Wildman–Crippen MR) is 71.2 cm³/mol. The van der Waals surface area contributed by atoms with Gasteiger partial charge in [0.25, 0.3) is 0 Å². The van der Waals surface area contributed by atoms with Crippen molar-refractivity contribution < 1.29 is 14.3 Å². The Morgan fingerprint density at radius 3 is 1.37 bits per heavy atom. The molecule has 0 radical (unpaired) electrons. The summed E-state index contributed by atoms with van der Waals surface area (Å²) in [5.74, 6) is -1.11. The Labute approximate surface area is 108 Å². The number of hydrogen-bond donors (Lipinski definition) is 0. The maximum atomic E-state index is 11.9. The van der Waals surface area contributed by atoms with Crippen LogP contribution in [0.15, 0.2) is 48.5 Å². The molecule has 0 bridgehead atoms. The first-order valence-electron chi connectivity index (χ1n) is 5.97. The van der Waals surface area contributed by atoms with Crippen LogP contribution in [0.4, 0.5) is 0 Å². The van der Waals surface area contributed by atoms with Crippen LogP contribution in [0.3, 0.4) is 0 Å². The molecule has 3 nitrogen and oxygen atoms in total. The van der Waals surface area contributed by atoms with Crippen LogP contribution in [-0.4, -0.2) is 11.9 Å². The fourth-order valence-electron chi connectivity index (χ4n) is 2.75. The number of ether oxygens (including phenoxy) is 1. The van der Waals surface area contributed by atoms with Crippen molar-refractivity contribution in [2.75, 3.05) is 0 Å². The highest BCUT2D eigenvalue weighted by atomic mass is 16.6. The maximum Gasteiger partial charge on any atom is 0.347 e. The molecular formula is C16H8O3. The minimum absolute atomic E-state index is 0.388. The number of hydrogen-bond acceptors (Lipinski definition) is 3. The second kappa shape index (κ2) is 3.42. The number of esters is 2. The summed E-state index contributed by atoms with van der Waals surface area (Å²) in [7, 11) is 0. The lowest BCUT2D eigenvalue weighted by Crippen LogP contribution is -1.97. The van der Waals surface area contributed by atoms with E-state index in [-0.39, 0.29) is 0 Å². The van der Waals surface area contributed by atoms with Gasteiger partial charge in [-0.05, 0) is 21.5 Å². The van der Waals surface area contributed by atoms with Crippen LogP contribution < -0.4 is 0 Å². The first-order chi connectivity index (χ1) is 9.27. The van der Waals surface area contributed by atoms with Gasteiger partial charge in [-0.3, -0.25) is 0 Å². The smallest absolute Gasteiger partial charge is 0.347 e. The zero-order valence-corrected chi connectivity index (χ0v) is 9.84. The van der Waals surface area contributed by atoms with Crippen LogP contribution in [0.5, 0.6) is 0 Å². The van der Waals surface area contributed by atoms with Crippen molar-refractivity contribution >= 4 is 33.5 Å². The second-order valence-corrected chi connectivity index (χ2v) is 4.52. The molecule has 3 aromatic carbocycles. The number of rotatable bonds is 0. The molecule has 0 N–H and O–H groups in total. The van der Waals surface area contributed by atoms with Crippen molar-refractivity contribution in [1.29, 1.82) is 0 Å². The van der Waals surface area contributed by atoms with Crippen LogP contribution in [-0.2, 0) is 4.74 Å². The van der Waals surface area contributed by atoms with E-state index in [1.165, 1.54) is 0 Å². The van der Waals surface area contributed by atoms with Crippen LogP contribution in [0.2, 0.25) is 0 Å². The summed E-state index contributed by atoms with van der Waals surface area (Å²) in [6, 6.07) is 15.1. The number of carbonyl (C=O) groups is 2. The highest BCUT2D eigenvalue weighted by Crippen LogP contribution is 2.36. The molecule has 1 aliphatic rings. The maximum absolute atomic E-state index is 11.9. The highest BCUT2D eigenvalue weighted by Gasteiger charge is 2.33. The predicted octanol–water partition coefficient (Wildman–Crippen LogP) is 3.30. The molecule has 0 aliphatic carbocycles. The van der Waals surface area contributed by atoms with E-state index < -0.39 is 11.9 Å². The number of fused-ring (bicyclic) bond motifs is 6. The Bertz CT molecular complexity index is 805. The van der Waals surface area contributed by atoms with Crippen molar-refractivity contribution in [2.24, 2.45) is 0 Å². The fourth-order valence-corrected chi connectivity index (χ4v) is 2.75. The van der Waals surface area contributed by atoms with Crippen LogP contribution in [0.25, 0.3) is 21.5 Å². The van der Waals surface area contributed by atoms with Crippen molar-refractivity contribution in [2.45, 2.75) is 0 Å². The van der Waals surface area contributed by atoms with E-state index in [4.69, 9.17) is 4.74 Å². The average molecular weight is 248 g/mol. The van der Waals surface area contributed by atoms with Gasteiger partial charge in [-0.2, -0.15) is 0 Å². The second-order valence-electron chi connectivity index (χ2n) is 4.52. The van der Waals surface area contributed by atoms with Crippen molar-refractivity contribution in [3.63, 3.8) is 0 Å². The Morgan fingerprint density at radius 1 is 0.579 bits per heavy atom. The lowest BCUT2D eigenvalue weighted by atomic mass is 9.93. The number of cyclic esters (lactones) is 2. The van der Waals surface area contributed by atoms with Crippen molar-refractivity contribution in [3.8, 4) is 0 Å². The van der Waals surface area contributed by atoms with E-state index in [0.717, 1.165) is 21.5 Å². The lowest BCUT2D eigenvalue weighted by Gasteiger charge is -2.07. The van der Waals surface area contributed by atoms with Crippen LogP contribution in [0.1, 0.15) is 20.7 Å². The third kappa shape index (κ3) is 1.21. The molecule has 1 aliphatic heterocycles. The van der Waals surface area contributed by atoms with Gasteiger partial charge in [0.1, 0.15) is 0 Å². The molecule has 0 aromatic heterocycles. The minimum atomic E-state index is -0.554. The number of benzene rings is 3. The third-order valence-corrected chi connectivity index (χ3v) is 3.53. The van der Waals surface area contributed by atoms with E-state index in [1.807, 2.05) is 48.5 Å². The molecule has 0 atom stereocenters. The monoisotopic (exact) mass is 248 g/mol. The SMILES string of the molecule is O=C1OC(=O)c2c1c1ccccc1c1ccccc21. The largest absolute Gasteiger partial charge is 0.386 e. The number of carbonyl (C=O) groups excluding carboxylic acids is 2. The van der Waals surface area contributed by atoms with Crippen molar-refractivity contribution in [1.82, 2.24) is 0 Å². The van der Waals surface area contributed by atoms with Gasteiger partial charge in [0.05, 0.1) is 11.1 Å². The standard InChI is InChI=1S/C16H8O3/c17-15-13-11-7-3-1-5-9(11)10-6-2-4-8-12(10)14(13)16(18)19-15/h1-8H. The van der Waals surface area contributed by atoms with E-state index in [2.05, 4.69) is 0 Å². The zero-order valence-electron chi connectivity index (χ0n) is 9.84. The minimum Gasteiger partial charge on any atom is -0.386 e. The first-order valence-corrected chi connectivity index (χ1v) is 5.97. The van der Waals surface area contributed by atoms with Crippen LogP contribution in [0, 0.1) is 0 Å². The average Bonchev–Trinajstić information content (AvgIpc) is 2.75. The van der Waals surface area contributed by atoms with Gasteiger partial charge in [0, 0.05) is 0 Å². The summed E-state index contributed by atoms with van der Waals surface area (Å²) in [5.41, 5.74) is 0.776. The summed E-state index contributed by atoms with van der Waals surface area (Å²) in [6.45, 7) is 0. The Hall–Kier alpha value is -2.68. The summed E-state index contributed by atoms with van der Waals surface area (Å²) in [4.78, 5) is 23.8. The van der Waals surface area contributed by atoms with Gasteiger partial charge in [0.2, 0.25) is 0 Å². The molecule has 0 fully saturated rings. The molecule has 0 amide bonds. The van der Waals surface area contributed by atoms with Gasteiger partial charge >= 0.3 is 11.9 Å². The Morgan fingerprint density at radius 2 is 0.947 bits per heavy atom. The lowest BCUT2D eigenvalue weighted by molar-refractivity contribution is 0.0445. The van der Waals surface area contributed by atoms with Gasteiger partial charge in [-0.25, -0.2) is 9.59 Å². The Balaban J connectivity index is 2.38. The molecule has 4 rings (SSSR count). The van der Waals surface area contributed by atoms with E-state index in [0.29, 0.717) is 11.1 Å². The summed E-state index contributed by atoms with van der Waals surface area (Å²) in [6.07, 6.45) is 0. The summed E-state index contributed by atoms with van der Waals surface area (Å²) < 4.78 is 4.77. The topological polar surface area (TPSA) is 43.4 Å². The first kappa shape index (κ1) is 10.3. The molecule has 3 aromatic rings. The Kier molecular flexibility index (Phi) is 1.85. The van der Waals surface area contributed by atoms with Gasteiger partial charge < -0.3 is 4.74 Å². The van der Waals surface area contributed by atoms with Gasteiger partial charge in [0.15, 0.2) is 0 Å². The molecular weight excluding hydrogens is 240 g/mol. The summed E-state index contributed by atoms with van der Waals surface area (Å²) in [5, 5.41) is 3.46. The van der Waals surface area contributed by atoms with E-state index in [9.17, 15) is 9.59 Å². The third-order valence-electron chi connectivity index (χ3n) is 3.53. The molecule has 19 heavy (non-hydrogen) atoms. The van der Waals surface area contributed by atoms with Gasteiger partial charge in [-0.1, -0.05) is 48.5 Å². The van der Waals surface area contributed by atoms with Gasteiger partial charge in [-0.15, -0.1) is 0 Å². The molecule has 0 saturated carbocycles. The normalized spacial score (nSPS) is 13.9. The fraction of sp³-hybridized carbons (Fsp3) is 0. The zero-order chi connectivity index (χ0) is 13.0. The molecule has 90 valence electrons. The van der Waals surface area contributed by atoms with Crippen molar-refractivity contribution in [3.05, 3.63) is 59.7 Å².